The van der Waals surface area contributed by atoms with E-state index in [2.05, 4.69) is 46.4 Å². The first-order valence-electron chi connectivity index (χ1n) is 10.7. The third-order valence-corrected chi connectivity index (χ3v) is 7.59. The predicted octanol–water partition coefficient (Wildman–Crippen LogP) is 4.52. The van der Waals surface area contributed by atoms with E-state index in [1.54, 1.807) is 0 Å². The fourth-order valence-electron chi connectivity index (χ4n) is 3.46. The van der Waals surface area contributed by atoms with Gasteiger partial charge in [-0.25, -0.2) is 4.79 Å². The van der Waals surface area contributed by atoms with Gasteiger partial charge in [0, 0.05) is 36.3 Å². The van der Waals surface area contributed by atoms with Crippen molar-refractivity contribution in [1.29, 1.82) is 0 Å². The molecule has 1 aromatic carbocycles. The van der Waals surface area contributed by atoms with Gasteiger partial charge in [-0.05, 0) is 57.5 Å². The van der Waals surface area contributed by atoms with Crippen molar-refractivity contribution < 1.29 is 14.3 Å². The molecule has 1 amide bonds. The summed E-state index contributed by atoms with van der Waals surface area (Å²) in [7, 11) is 3.22. The molecule has 10 heteroatoms. The van der Waals surface area contributed by atoms with Crippen LogP contribution in [0.15, 0.2) is 29.4 Å². The van der Waals surface area contributed by atoms with Gasteiger partial charge < -0.3 is 19.5 Å². The maximum Gasteiger partial charge on any atom is 0.341 e. The Morgan fingerprint density at radius 3 is 2.42 bits per heavy atom. The van der Waals surface area contributed by atoms with E-state index >= 15 is 0 Å². The lowest BCUT2D eigenvalue weighted by Gasteiger charge is -2.21. The molecule has 176 valence electrons. The summed E-state index contributed by atoms with van der Waals surface area (Å²) in [6.45, 7) is 9.93. The van der Waals surface area contributed by atoms with Crippen LogP contribution in [0, 0.1) is 13.8 Å². The highest BCUT2D eigenvalue weighted by molar-refractivity contribution is 7.99. The molecular weight excluding hydrogens is 458 g/mol. The van der Waals surface area contributed by atoms with Gasteiger partial charge in [-0.3, -0.25) is 4.79 Å². The molecule has 0 unspecified atom stereocenters. The number of carbonyl (C=O) groups excluding carboxylic acids is 2. The number of thiophene rings is 1. The molecule has 0 fully saturated rings. The summed E-state index contributed by atoms with van der Waals surface area (Å²) < 4.78 is 6.74. The number of thioether (sulfide) groups is 1. The minimum Gasteiger partial charge on any atom is -0.465 e. The van der Waals surface area contributed by atoms with Crippen LogP contribution in [0.25, 0.3) is 11.4 Å². The van der Waals surface area contributed by atoms with E-state index in [4.69, 9.17) is 4.74 Å². The van der Waals surface area contributed by atoms with Gasteiger partial charge in [-0.15, -0.1) is 21.5 Å². The van der Waals surface area contributed by atoms with Crippen molar-refractivity contribution in [3.8, 4) is 11.4 Å². The molecule has 0 bridgehead atoms. The summed E-state index contributed by atoms with van der Waals surface area (Å²) >= 11 is 2.66. The van der Waals surface area contributed by atoms with Gasteiger partial charge >= 0.3 is 5.97 Å². The van der Waals surface area contributed by atoms with Crippen LogP contribution in [0.3, 0.4) is 0 Å². The molecule has 0 aliphatic rings. The summed E-state index contributed by atoms with van der Waals surface area (Å²) in [6, 6.07) is 8.24. The van der Waals surface area contributed by atoms with E-state index in [-0.39, 0.29) is 11.7 Å². The number of benzene rings is 1. The van der Waals surface area contributed by atoms with Crippen LogP contribution in [0.1, 0.15) is 34.6 Å². The van der Waals surface area contributed by atoms with Crippen molar-refractivity contribution in [2.75, 3.05) is 36.2 Å². The van der Waals surface area contributed by atoms with Gasteiger partial charge in [-0.2, -0.15) is 0 Å². The highest BCUT2D eigenvalue weighted by atomic mass is 32.2. The number of rotatable bonds is 9. The number of anilines is 2. The number of nitrogens with one attached hydrogen (secondary N) is 1. The van der Waals surface area contributed by atoms with Crippen LogP contribution in [0.2, 0.25) is 0 Å². The third kappa shape index (κ3) is 5.39. The molecule has 0 saturated heterocycles. The average Bonchev–Trinajstić information content (AvgIpc) is 3.31. The fraction of sp³-hybridized carbons (Fsp3) is 0.391. The Kier molecular flexibility index (Phi) is 8.15. The Morgan fingerprint density at radius 1 is 1.15 bits per heavy atom. The van der Waals surface area contributed by atoms with E-state index in [1.807, 2.05) is 37.6 Å². The van der Waals surface area contributed by atoms with Crippen molar-refractivity contribution in [2.24, 2.45) is 7.05 Å². The molecule has 0 aliphatic carbocycles. The number of aromatic nitrogens is 3. The lowest BCUT2D eigenvalue weighted by Crippen LogP contribution is -2.21. The molecule has 3 aromatic rings. The highest BCUT2D eigenvalue weighted by Gasteiger charge is 2.22. The fourth-order valence-corrected chi connectivity index (χ4v) is 5.23. The minimum absolute atomic E-state index is 0.142. The molecule has 8 nitrogen and oxygen atoms in total. The normalized spacial score (nSPS) is 10.8. The zero-order chi connectivity index (χ0) is 24.1. The highest BCUT2D eigenvalue weighted by Crippen LogP contribution is 2.33. The number of methoxy groups -OCH3 is 1. The topological polar surface area (TPSA) is 89.3 Å². The van der Waals surface area contributed by atoms with Gasteiger partial charge in [-0.1, -0.05) is 11.8 Å². The summed E-state index contributed by atoms with van der Waals surface area (Å²) in [4.78, 5) is 27.9. The largest absolute Gasteiger partial charge is 0.465 e. The van der Waals surface area contributed by atoms with E-state index in [9.17, 15) is 9.59 Å². The zero-order valence-electron chi connectivity index (χ0n) is 19.8. The minimum atomic E-state index is -0.454. The second-order valence-corrected chi connectivity index (χ2v) is 9.57. The standard InChI is InChI=1S/C23H29N5O3S2/c1-7-28(8-2)17-11-9-16(10-12-17)20-25-26-23(27(20)5)32-13-18(29)24-21-19(22(30)31-6)14(3)15(4)33-21/h9-12H,7-8,13H2,1-6H3,(H,24,29). The number of hydrogen-bond donors (Lipinski definition) is 1. The molecule has 1 N–H and O–H groups in total. The molecule has 0 saturated carbocycles. The Bertz CT molecular complexity index is 1130. The van der Waals surface area contributed by atoms with Crippen molar-refractivity contribution in [3.05, 3.63) is 40.3 Å². The van der Waals surface area contributed by atoms with E-state index in [0.717, 1.165) is 34.9 Å². The van der Waals surface area contributed by atoms with Gasteiger partial charge in [0.05, 0.1) is 18.4 Å². The van der Waals surface area contributed by atoms with Gasteiger partial charge in [0.15, 0.2) is 11.0 Å². The van der Waals surface area contributed by atoms with Crippen molar-refractivity contribution in [1.82, 2.24) is 14.8 Å². The quantitative estimate of drug-likeness (QED) is 0.350. The van der Waals surface area contributed by atoms with E-state index in [1.165, 1.54) is 35.9 Å². The Balaban J connectivity index is 1.67. The number of aryl methyl sites for hydroxylation is 1. The van der Waals surface area contributed by atoms with Crippen LogP contribution in [0.4, 0.5) is 10.7 Å². The Morgan fingerprint density at radius 2 is 1.82 bits per heavy atom. The first kappa shape index (κ1) is 24.8. The predicted molar refractivity (Wildman–Crippen MR) is 134 cm³/mol. The number of ether oxygens (including phenoxy) is 1. The molecule has 33 heavy (non-hydrogen) atoms. The maximum absolute atomic E-state index is 12.6. The Labute approximate surface area is 202 Å². The molecular formula is C23H29N5O3S2. The molecule has 0 atom stereocenters. The van der Waals surface area contributed by atoms with Gasteiger partial charge in [0.2, 0.25) is 5.91 Å². The number of carbonyl (C=O) groups is 2. The van der Waals surface area contributed by atoms with Crippen LogP contribution >= 0.6 is 23.1 Å². The smallest absolute Gasteiger partial charge is 0.341 e. The van der Waals surface area contributed by atoms with Crippen LogP contribution in [-0.2, 0) is 16.6 Å². The molecule has 0 radical (unpaired) electrons. The van der Waals surface area contributed by atoms with E-state index < -0.39 is 5.97 Å². The summed E-state index contributed by atoms with van der Waals surface area (Å²) in [6.07, 6.45) is 0. The van der Waals surface area contributed by atoms with Crippen LogP contribution in [-0.4, -0.2) is 52.6 Å². The molecule has 0 spiro atoms. The molecule has 2 aromatic heterocycles. The number of amides is 1. The molecule has 0 aliphatic heterocycles. The number of esters is 1. The molecule has 2 heterocycles. The second-order valence-electron chi connectivity index (χ2n) is 7.40. The third-order valence-electron chi connectivity index (χ3n) is 5.45. The Hall–Kier alpha value is -2.85. The maximum atomic E-state index is 12.6. The van der Waals surface area contributed by atoms with Gasteiger partial charge in [0.1, 0.15) is 5.00 Å². The second kappa shape index (κ2) is 10.8. The SMILES string of the molecule is CCN(CC)c1ccc(-c2nnc(SCC(=O)Nc3sc(C)c(C)c3C(=O)OC)n2C)cc1. The first-order valence-corrected chi connectivity index (χ1v) is 12.5. The number of hydrogen-bond acceptors (Lipinski definition) is 8. The monoisotopic (exact) mass is 487 g/mol. The van der Waals surface area contributed by atoms with Crippen LogP contribution in [0.5, 0.6) is 0 Å². The summed E-state index contributed by atoms with van der Waals surface area (Å²) in [5, 5.41) is 12.6. The zero-order valence-corrected chi connectivity index (χ0v) is 21.4. The lowest BCUT2D eigenvalue weighted by atomic mass is 10.1. The van der Waals surface area contributed by atoms with Gasteiger partial charge in [0.25, 0.3) is 0 Å². The summed E-state index contributed by atoms with van der Waals surface area (Å²) in [5.74, 6) is 0.203. The van der Waals surface area contributed by atoms with Crippen molar-refractivity contribution in [2.45, 2.75) is 32.9 Å². The number of nitrogens with zero attached hydrogens (tertiary/aromatic N) is 4. The van der Waals surface area contributed by atoms with Crippen molar-refractivity contribution in [3.63, 3.8) is 0 Å². The van der Waals surface area contributed by atoms with E-state index in [0.29, 0.717) is 15.7 Å². The summed E-state index contributed by atoms with van der Waals surface area (Å²) in [5.41, 5.74) is 3.36. The van der Waals surface area contributed by atoms with Crippen LogP contribution < -0.4 is 10.2 Å². The average molecular weight is 488 g/mol. The van der Waals surface area contributed by atoms with Crippen molar-refractivity contribution >= 4 is 45.7 Å². The molecule has 3 rings (SSSR count). The lowest BCUT2D eigenvalue weighted by molar-refractivity contribution is -0.113. The first-order chi connectivity index (χ1) is 15.8.